The molecular formula is C8H13N5O2S. The van der Waals surface area contributed by atoms with Crippen molar-refractivity contribution in [1.82, 2.24) is 15.0 Å². The van der Waals surface area contributed by atoms with E-state index in [1.165, 1.54) is 11.8 Å². The maximum absolute atomic E-state index is 10.2. The number of nitrogens with zero attached hydrogens (tertiary/aromatic N) is 3. The highest BCUT2D eigenvalue weighted by atomic mass is 32.2. The van der Waals surface area contributed by atoms with Crippen molar-refractivity contribution in [1.29, 1.82) is 0 Å². The maximum atomic E-state index is 10.2. The molecule has 7 nitrogen and oxygen atoms in total. The van der Waals surface area contributed by atoms with Crippen LogP contribution in [0.3, 0.4) is 0 Å². The molecule has 0 atom stereocenters. The number of hydrogen-bond donors (Lipinski definition) is 3. The first-order valence-electron chi connectivity index (χ1n) is 4.63. The molecule has 0 aromatic carbocycles. The number of aliphatic carboxylic acids is 1. The first kappa shape index (κ1) is 12.5. The Labute approximate surface area is 96.7 Å². The Morgan fingerprint density at radius 1 is 1.19 bits per heavy atom. The summed E-state index contributed by atoms with van der Waals surface area (Å²) in [4.78, 5) is 21.7. The first-order chi connectivity index (χ1) is 7.58. The number of aromatic nitrogens is 3. The van der Waals surface area contributed by atoms with Crippen molar-refractivity contribution in [2.45, 2.75) is 12.8 Å². The van der Waals surface area contributed by atoms with Crippen LogP contribution in [0.2, 0.25) is 0 Å². The third-order valence-electron chi connectivity index (χ3n) is 1.65. The van der Waals surface area contributed by atoms with E-state index in [-0.39, 0.29) is 18.3 Å². The van der Waals surface area contributed by atoms with Gasteiger partial charge in [0.25, 0.3) is 0 Å². The Hall–Kier alpha value is -1.57. The van der Waals surface area contributed by atoms with Gasteiger partial charge in [0, 0.05) is 17.9 Å². The van der Waals surface area contributed by atoms with Gasteiger partial charge in [-0.3, -0.25) is 4.79 Å². The van der Waals surface area contributed by atoms with Crippen molar-refractivity contribution in [3.63, 3.8) is 0 Å². The summed E-state index contributed by atoms with van der Waals surface area (Å²) < 4.78 is 0. The summed E-state index contributed by atoms with van der Waals surface area (Å²) in [6.07, 6.45) is 0.757. The first-order valence-corrected chi connectivity index (χ1v) is 5.79. The maximum Gasteiger partial charge on any atom is 0.304 e. The molecule has 16 heavy (non-hydrogen) atoms. The topological polar surface area (TPSA) is 128 Å². The van der Waals surface area contributed by atoms with E-state index in [1.807, 2.05) is 0 Å². The van der Waals surface area contributed by atoms with Crippen molar-refractivity contribution < 1.29 is 9.90 Å². The molecule has 0 radical (unpaired) electrons. The van der Waals surface area contributed by atoms with Crippen LogP contribution in [0.15, 0.2) is 0 Å². The fourth-order valence-electron chi connectivity index (χ4n) is 0.994. The van der Waals surface area contributed by atoms with Gasteiger partial charge in [0.05, 0.1) is 6.42 Å². The summed E-state index contributed by atoms with van der Waals surface area (Å²) >= 11 is 1.53. The summed E-state index contributed by atoms with van der Waals surface area (Å²) in [7, 11) is 0. The highest BCUT2D eigenvalue weighted by Gasteiger charge is 2.02. The molecular weight excluding hydrogens is 230 g/mol. The number of thioether (sulfide) groups is 1. The highest BCUT2D eigenvalue weighted by molar-refractivity contribution is 7.99. The summed E-state index contributed by atoms with van der Waals surface area (Å²) in [5, 5.41) is 8.42. The second kappa shape index (κ2) is 6.11. The van der Waals surface area contributed by atoms with Crippen molar-refractivity contribution in [2.24, 2.45) is 0 Å². The lowest BCUT2D eigenvalue weighted by atomic mass is 10.4. The van der Waals surface area contributed by atoms with Gasteiger partial charge in [0.15, 0.2) is 0 Å². The normalized spacial score (nSPS) is 10.2. The lowest BCUT2D eigenvalue weighted by Crippen LogP contribution is -2.07. The number of aryl methyl sites for hydroxylation is 1. The Morgan fingerprint density at radius 3 is 2.38 bits per heavy atom. The van der Waals surface area contributed by atoms with Crippen LogP contribution in [-0.2, 0) is 11.2 Å². The van der Waals surface area contributed by atoms with E-state index >= 15 is 0 Å². The van der Waals surface area contributed by atoms with Gasteiger partial charge in [-0.2, -0.15) is 26.7 Å². The van der Waals surface area contributed by atoms with Crippen LogP contribution in [0.1, 0.15) is 12.2 Å². The number of carbonyl (C=O) groups is 1. The standard InChI is InChI=1S/C8H13N5O2S/c9-7-11-5(12-8(10)13-7)1-3-16-4-2-6(14)15/h1-4H2,(H,14,15)(H4,9,10,11,12,13). The molecule has 1 aromatic heterocycles. The SMILES string of the molecule is Nc1nc(N)nc(CCSCCC(=O)O)n1. The Morgan fingerprint density at radius 2 is 1.81 bits per heavy atom. The zero-order valence-corrected chi connectivity index (χ0v) is 9.40. The number of anilines is 2. The number of hydrogen-bond acceptors (Lipinski definition) is 7. The van der Waals surface area contributed by atoms with Gasteiger partial charge in [-0.15, -0.1) is 0 Å². The van der Waals surface area contributed by atoms with Crippen LogP contribution < -0.4 is 11.5 Å². The molecule has 8 heteroatoms. The largest absolute Gasteiger partial charge is 0.481 e. The second-order valence-electron chi connectivity index (χ2n) is 2.97. The number of nitrogen functional groups attached to an aromatic ring is 2. The van der Waals surface area contributed by atoms with Gasteiger partial charge in [-0.25, -0.2) is 0 Å². The minimum atomic E-state index is -0.791. The van der Waals surface area contributed by atoms with E-state index in [0.717, 1.165) is 5.75 Å². The van der Waals surface area contributed by atoms with E-state index in [0.29, 0.717) is 18.0 Å². The molecule has 88 valence electrons. The van der Waals surface area contributed by atoms with Crippen molar-refractivity contribution in [2.75, 3.05) is 23.0 Å². The van der Waals surface area contributed by atoms with Crippen LogP contribution in [0.4, 0.5) is 11.9 Å². The summed E-state index contributed by atoms with van der Waals surface area (Å²) in [6.45, 7) is 0. The summed E-state index contributed by atoms with van der Waals surface area (Å²) in [6, 6.07) is 0. The minimum absolute atomic E-state index is 0.109. The van der Waals surface area contributed by atoms with Crippen LogP contribution in [0.25, 0.3) is 0 Å². The lowest BCUT2D eigenvalue weighted by molar-refractivity contribution is -0.136. The average molecular weight is 243 g/mol. The number of carboxylic acids is 1. The molecule has 0 unspecified atom stereocenters. The van der Waals surface area contributed by atoms with E-state index in [1.54, 1.807) is 0 Å². The van der Waals surface area contributed by atoms with Gasteiger partial charge < -0.3 is 16.6 Å². The molecule has 0 fully saturated rings. The van der Waals surface area contributed by atoms with Gasteiger partial charge in [-0.1, -0.05) is 0 Å². The predicted molar refractivity (Wildman–Crippen MR) is 61.9 cm³/mol. The fraction of sp³-hybridized carbons (Fsp3) is 0.500. The molecule has 0 aliphatic carbocycles. The fourth-order valence-corrected chi connectivity index (χ4v) is 1.84. The van der Waals surface area contributed by atoms with E-state index in [9.17, 15) is 4.79 Å². The Kier molecular flexibility index (Phi) is 4.77. The quantitative estimate of drug-likeness (QED) is 0.585. The molecule has 0 saturated carbocycles. The van der Waals surface area contributed by atoms with Crippen LogP contribution in [-0.4, -0.2) is 37.5 Å². The summed E-state index contributed by atoms with van der Waals surface area (Å²) in [5.41, 5.74) is 10.8. The number of nitrogens with two attached hydrogens (primary N) is 2. The summed E-state index contributed by atoms with van der Waals surface area (Å²) in [5.74, 6) is 1.27. The molecule has 0 spiro atoms. The smallest absolute Gasteiger partial charge is 0.304 e. The molecule has 1 aromatic rings. The van der Waals surface area contributed by atoms with Gasteiger partial charge in [-0.05, 0) is 0 Å². The lowest BCUT2D eigenvalue weighted by Gasteiger charge is -2.01. The highest BCUT2D eigenvalue weighted by Crippen LogP contribution is 2.06. The average Bonchev–Trinajstić information content (AvgIpc) is 2.15. The van der Waals surface area contributed by atoms with Crippen molar-refractivity contribution >= 4 is 29.6 Å². The van der Waals surface area contributed by atoms with E-state index < -0.39 is 5.97 Å². The third kappa shape index (κ3) is 4.78. The van der Waals surface area contributed by atoms with E-state index in [4.69, 9.17) is 16.6 Å². The third-order valence-corrected chi connectivity index (χ3v) is 2.63. The molecule has 0 aliphatic heterocycles. The van der Waals surface area contributed by atoms with Crippen LogP contribution in [0, 0.1) is 0 Å². The second-order valence-corrected chi connectivity index (χ2v) is 4.20. The van der Waals surface area contributed by atoms with Crippen LogP contribution in [0.5, 0.6) is 0 Å². The molecule has 1 rings (SSSR count). The van der Waals surface area contributed by atoms with Crippen molar-refractivity contribution in [3.05, 3.63) is 5.82 Å². The van der Waals surface area contributed by atoms with Crippen LogP contribution >= 0.6 is 11.8 Å². The number of carboxylic acid groups (broad SMARTS) is 1. The molecule has 5 N–H and O–H groups in total. The zero-order valence-electron chi connectivity index (χ0n) is 8.59. The minimum Gasteiger partial charge on any atom is -0.481 e. The Balaban J connectivity index is 2.29. The van der Waals surface area contributed by atoms with Gasteiger partial charge in [0.2, 0.25) is 11.9 Å². The predicted octanol–water partition coefficient (Wildman–Crippen LogP) is -0.214. The van der Waals surface area contributed by atoms with Gasteiger partial charge >= 0.3 is 5.97 Å². The Bertz CT molecular complexity index is 353. The molecule has 0 aliphatic rings. The zero-order chi connectivity index (χ0) is 12.0. The number of rotatable bonds is 6. The molecule has 0 saturated heterocycles. The van der Waals surface area contributed by atoms with E-state index in [2.05, 4.69) is 15.0 Å². The van der Waals surface area contributed by atoms with Gasteiger partial charge in [0.1, 0.15) is 5.82 Å². The molecule has 0 amide bonds. The van der Waals surface area contributed by atoms with Crippen molar-refractivity contribution in [3.8, 4) is 0 Å². The molecule has 0 bridgehead atoms. The monoisotopic (exact) mass is 243 g/mol. The molecule has 1 heterocycles.